The SMILES string of the molecule is COc1ccc(/C=C2\SC3C=CC(C(=O)N4CCOCC4)=CC3=[N+](C)C2=O)cc1. The van der Waals surface area contributed by atoms with E-state index in [1.54, 1.807) is 23.6 Å². The molecular weight excluding hydrogens is 388 g/mol. The Bertz CT molecular complexity index is 954. The number of allylic oxidation sites excluding steroid dienone is 1. The number of carbonyl (C=O) groups excluding carboxylic acids is 2. The van der Waals surface area contributed by atoms with Gasteiger partial charge in [-0.2, -0.15) is 4.58 Å². The molecule has 150 valence electrons. The van der Waals surface area contributed by atoms with Crippen molar-refractivity contribution in [2.75, 3.05) is 40.5 Å². The highest BCUT2D eigenvalue weighted by Gasteiger charge is 2.38. The summed E-state index contributed by atoms with van der Waals surface area (Å²) in [5, 5.41) is 0.00318. The molecule has 4 rings (SSSR count). The largest absolute Gasteiger partial charge is 0.497 e. The fourth-order valence-corrected chi connectivity index (χ4v) is 4.69. The van der Waals surface area contributed by atoms with Gasteiger partial charge >= 0.3 is 5.91 Å². The van der Waals surface area contributed by atoms with Crippen LogP contribution in [0, 0.1) is 0 Å². The molecule has 1 fully saturated rings. The molecule has 6 nitrogen and oxygen atoms in total. The number of hydrogen-bond donors (Lipinski definition) is 0. The number of nitrogens with zero attached hydrogens (tertiary/aromatic N) is 2. The van der Waals surface area contributed by atoms with E-state index in [9.17, 15) is 9.59 Å². The lowest BCUT2D eigenvalue weighted by atomic mass is 10.0. The van der Waals surface area contributed by atoms with Crippen LogP contribution < -0.4 is 4.74 Å². The van der Waals surface area contributed by atoms with Crippen LogP contribution in [-0.2, 0) is 14.3 Å². The standard InChI is InChI=1S/C22H23N2O4S/c1-23-18-14-16(21(25)24-9-11-28-12-10-24)5-8-19(18)29-20(22(23)26)13-15-3-6-17(27-2)7-4-15/h3-8,13-14,19H,9-12H2,1-2H3/q+1/b20-13-. The smallest absolute Gasteiger partial charge is 0.425 e. The first-order valence-corrected chi connectivity index (χ1v) is 10.4. The summed E-state index contributed by atoms with van der Waals surface area (Å²) in [6, 6.07) is 7.60. The van der Waals surface area contributed by atoms with Gasteiger partial charge in [0.15, 0.2) is 0 Å². The van der Waals surface area contributed by atoms with Crippen LogP contribution in [0.4, 0.5) is 0 Å². The molecule has 2 aliphatic heterocycles. The van der Waals surface area contributed by atoms with Crippen LogP contribution in [-0.4, -0.2) is 72.7 Å². The van der Waals surface area contributed by atoms with Crippen molar-refractivity contribution < 1.29 is 23.6 Å². The lowest BCUT2D eigenvalue weighted by molar-refractivity contribution is -0.413. The lowest BCUT2D eigenvalue weighted by Crippen LogP contribution is -2.42. The molecule has 1 aromatic carbocycles. The molecule has 1 aromatic rings. The van der Waals surface area contributed by atoms with Gasteiger partial charge in [0, 0.05) is 24.7 Å². The number of likely N-dealkylation sites (N-methyl/N-ethyl adjacent to an activating group) is 1. The Morgan fingerprint density at radius 1 is 1.28 bits per heavy atom. The minimum absolute atomic E-state index is 0.00318. The molecule has 0 bridgehead atoms. The van der Waals surface area contributed by atoms with Gasteiger partial charge in [-0.25, -0.2) is 4.79 Å². The van der Waals surface area contributed by atoms with Crippen LogP contribution in [0.25, 0.3) is 6.08 Å². The zero-order valence-electron chi connectivity index (χ0n) is 16.5. The van der Waals surface area contributed by atoms with Gasteiger partial charge in [0.2, 0.25) is 5.71 Å². The first-order chi connectivity index (χ1) is 14.1. The number of rotatable bonds is 3. The van der Waals surface area contributed by atoms with Crippen molar-refractivity contribution in [3.8, 4) is 5.75 Å². The number of benzene rings is 1. The average molecular weight is 412 g/mol. The number of ether oxygens (including phenoxy) is 2. The molecule has 29 heavy (non-hydrogen) atoms. The quantitative estimate of drug-likeness (QED) is 0.563. The van der Waals surface area contributed by atoms with Gasteiger partial charge < -0.3 is 14.4 Å². The third kappa shape index (κ3) is 4.06. The molecule has 0 N–H and O–H groups in total. The number of thioether (sulfide) groups is 1. The summed E-state index contributed by atoms with van der Waals surface area (Å²) in [7, 11) is 3.39. The minimum atomic E-state index is -0.0678. The topological polar surface area (TPSA) is 58.8 Å². The maximum atomic E-state index is 12.9. The van der Waals surface area contributed by atoms with Crippen molar-refractivity contribution in [2.24, 2.45) is 0 Å². The Kier molecular flexibility index (Phi) is 5.69. The van der Waals surface area contributed by atoms with E-state index < -0.39 is 0 Å². The molecule has 0 saturated carbocycles. The summed E-state index contributed by atoms with van der Waals surface area (Å²) in [5.41, 5.74) is 2.39. The number of methoxy groups -OCH3 is 1. The summed E-state index contributed by atoms with van der Waals surface area (Å²) < 4.78 is 12.2. The van der Waals surface area contributed by atoms with Crippen molar-refractivity contribution in [2.45, 2.75) is 5.25 Å². The van der Waals surface area contributed by atoms with Gasteiger partial charge in [0.05, 0.1) is 20.3 Å². The highest BCUT2D eigenvalue weighted by Crippen LogP contribution is 2.33. The van der Waals surface area contributed by atoms with Crippen LogP contribution >= 0.6 is 11.8 Å². The van der Waals surface area contributed by atoms with Crippen molar-refractivity contribution in [3.63, 3.8) is 0 Å². The van der Waals surface area contributed by atoms with Crippen molar-refractivity contribution in [1.29, 1.82) is 0 Å². The molecule has 7 heteroatoms. The summed E-state index contributed by atoms with van der Waals surface area (Å²) in [4.78, 5) is 28.2. The first kappa shape index (κ1) is 19.7. The predicted molar refractivity (Wildman–Crippen MR) is 113 cm³/mol. The molecule has 0 radical (unpaired) electrons. The van der Waals surface area contributed by atoms with Gasteiger partial charge in [-0.3, -0.25) is 4.79 Å². The van der Waals surface area contributed by atoms with Crippen LogP contribution in [0.5, 0.6) is 5.75 Å². The Morgan fingerprint density at radius 3 is 2.69 bits per heavy atom. The zero-order chi connectivity index (χ0) is 20.4. The Balaban J connectivity index is 1.58. The van der Waals surface area contributed by atoms with E-state index >= 15 is 0 Å². The first-order valence-electron chi connectivity index (χ1n) is 9.51. The van der Waals surface area contributed by atoms with Gasteiger partial charge in [-0.1, -0.05) is 36.0 Å². The fourth-order valence-electron chi connectivity index (χ4n) is 3.47. The number of hydrogen-bond acceptors (Lipinski definition) is 5. The summed E-state index contributed by atoms with van der Waals surface area (Å²) >= 11 is 1.51. The van der Waals surface area contributed by atoms with Crippen molar-refractivity contribution in [1.82, 2.24) is 4.90 Å². The number of morpholine rings is 1. The second-order valence-electron chi connectivity index (χ2n) is 6.97. The normalized spacial score (nSPS) is 23.2. The molecule has 0 spiro atoms. The third-order valence-corrected chi connectivity index (χ3v) is 6.36. The number of carbonyl (C=O) groups is 2. The average Bonchev–Trinajstić information content (AvgIpc) is 2.77. The summed E-state index contributed by atoms with van der Waals surface area (Å²) in [6.07, 6.45) is 7.61. The molecule has 3 aliphatic rings. The number of amides is 2. The van der Waals surface area contributed by atoms with E-state index in [0.29, 0.717) is 36.8 Å². The Labute approximate surface area is 174 Å². The predicted octanol–water partition coefficient (Wildman–Crippen LogP) is 2.12. The molecule has 1 unspecified atom stereocenters. The van der Waals surface area contributed by atoms with Gasteiger partial charge in [0.25, 0.3) is 5.91 Å². The second kappa shape index (κ2) is 8.39. The molecule has 1 atom stereocenters. The molecule has 1 saturated heterocycles. The monoisotopic (exact) mass is 411 g/mol. The van der Waals surface area contributed by atoms with Crippen LogP contribution in [0.1, 0.15) is 5.56 Å². The third-order valence-electron chi connectivity index (χ3n) is 5.16. The highest BCUT2D eigenvalue weighted by molar-refractivity contribution is 8.05. The summed E-state index contributed by atoms with van der Waals surface area (Å²) in [6.45, 7) is 2.33. The maximum Gasteiger partial charge on any atom is 0.425 e. The molecule has 2 amide bonds. The van der Waals surface area contributed by atoms with E-state index in [1.165, 1.54) is 11.8 Å². The van der Waals surface area contributed by atoms with E-state index in [2.05, 4.69) is 0 Å². The van der Waals surface area contributed by atoms with Crippen LogP contribution in [0.3, 0.4) is 0 Å². The maximum absolute atomic E-state index is 12.9. The van der Waals surface area contributed by atoms with Crippen molar-refractivity contribution >= 4 is 35.4 Å². The lowest BCUT2D eigenvalue weighted by Gasteiger charge is -2.28. The minimum Gasteiger partial charge on any atom is -0.497 e. The zero-order valence-corrected chi connectivity index (χ0v) is 17.3. The van der Waals surface area contributed by atoms with E-state index in [4.69, 9.17) is 9.47 Å². The second-order valence-corrected chi connectivity index (χ2v) is 8.16. The van der Waals surface area contributed by atoms with Gasteiger partial charge in [-0.05, 0) is 23.8 Å². The highest BCUT2D eigenvalue weighted by atomic mass is 32.2. The van der Waals surface area contributed by atoms with E-state index in [0.717, 1.165) is 17.0 Å². The Morgan fingerprint density at radius 2 is 2.00 bits per heavy atom. The van der Waals surface area contributed by atoms with Gasteiger partial charge in [-0.15, -0.1) is 0 Å². The van der Waals surface area contributed by atoms with E-state index in [-0.39, 0.29) is 17.1 Å². The molecule has 2 heterocycles. The van der Waals surface area contributed by atoms with Crippen LogP contribution in [0.2, 0.25) is 0 Å². The fraction of sp³-hybridized carbons (Fsp3) is 0.318. The Hall–Kier alpha value is -2.64. The molecule has 1 aliphatic carbocycles. The molecular formula is C22H23N2O4S+. The summed E-state index contributed by atoms with van der Waals surface area (Å²) in [5.74, 6) is 0.697. The van der Waals surface area contributed by atoms with Gasteiger partial charge in [0.1, 0.15) is 23.0 Å². The number of fused-ring (bicyclic) bond motifs is 1. The van der Waals surface area contributed by atoms with Crippen molar-refractivity contribution in [3.05, 3.63) is 58.5 Å². The van der Waals surface area contributed by atoms with Crippen LogP contribution in [0.15, 0.2) is 53.0 Å². The molecule has 0 aromatic heterocycles. The van der Waals surface area contributed by atoms with E-state index in [1.807, 2.05) is 48.6 Å².